The summed E-state index contributed by atoms with van der Waals surface area (Å²) in [5, 5.41) is 6.38. The number of halogens is 1. The molecular weight excluding hydrogens is 284 g/mol. The Morgan fingerprint density at radius 1 is 1.42 bits per heavy atom. The van der Waals surface area contributed by atoms with E-state index in [0.29, 0.717) is 22.9 Å². The van der Waals surface area contributed by atoms with Crippen LogP contribution in [0.15, 0.2) is 18.2 Å². The van der Waals surface area contributed by atoms with Gasteiger partial charge >= 0.3 is 0 Å². The first-order valence-electron chi connectivity index (χ1n) is 6.06. The zero-order valence-electron chi connectivity index (χ0n) is 11.2. The third kappa shape index (κ3) is 6.18. The highest BCUT2D eigenvalue weighted by atomic mass is 35.5. The zero-order chi connectivity index (χ0) is 14.3. The number of amides is 1. The molecule has 106 valence electrons. The van der Waals surface area contributed by atoms with E-state index in [0.717, 1.165) is 18.5 Å². The van der Waals surface area contributed by atoms with Crippen LogP contribution in [-0.2, 0) is 21.3 Å². The van der Waals surface area contributed by atoms with Gasteiger partial charge in [0.25, 0.3) is 0 Å². The smallest absolute Gasteiger partial charge is 0.224 e. The van der Waals surface area contributed by atoms with Crippen LogP contribution in [0.4, 0.5) is 5.69 Å². The summed E-state index contributed by atoms with van der Waals surface area (Å²) in [6, 6.07) is 5.24. The molecule has 0 bridgehead atoms. The molecule has 1 aromatic carbocycles. The van der Waals surface area contributed by atoms with Crippen molar-refractivity contribution in [2.24, 2.45) is 0 Å². The lowest BCUT2D eigenvalue weighted by Gasteiger charge is -2.08. The first-order chi connectivity index (χ1) is 9.02. The SMILES string of the molecule is CNCCCC(=O)Nc1ccc(Cl)c(CS(C)=O)c1. The quantitative estimate of drug-likeness (QED) is 0.759. The van der Waals surface area contributed by atoms with Gasteiger partial charge in [-0.15, -0.1) is 0 Å². The Bertz CT molecular complexity index is 466. The molecule has 1 atom stereocenters. The minimum absolute atomic E-state index is 0.0267. The van der Waals surface area contributed by atoms with E-state index in [4.69, 9.17) is 11.6 Å². The van der Waals surface area contributed by atoms with Gasteiger partial charge in [-0.05, 0) is 43.8 Å². The molecule has 0 aromatic heterocycles. The Kier molecular flexibility index (Phi) is 7.05. The molecule has 2 N–H and O–H groups in total. The Hall–Kier alpha value is -0.910. The maximum atomic E-state index is 11.7. The number of rotatable bonds is 7. The van der Waals surface area contributed by atoms with Crippen LogP contribution in [0, 0.1) is 0 Å². The van der Waals surface area contributed by atoms with Gasteiger partial charge in [0, 0.05) is 39.9 Å². The first kappa shape index (κ1) is 16.1. The molecule has 1 rings (SSSR count). The van der Waals surface area contributed by atoms with E-state index in [1.165, 1.54) is 0 Å². The van der Waals surface area contributed by atoms with Gasteiger partial charge in [0.1, 0.15) is 0 Å². The molecule has 0 heterocycles. The van der Waals surface area contributed by atoms with E-state index in [9.17, 15) is 9.00 Å². The summed E-state index contributed by atoms with van der Waals surface area (Å²) in [6.07, 6.45) is 2.89. The zero-order valence-corrected chi connectivity index (χ0v) is 12.7. The Morgan fingerprint density at radius 3 is 2.79 bits per heavy atom. The van der Waals surface area contributed by atoms with Crippen LogP contribution < -0.4 is 10.6 Å². The topological polar surface area (TPSA) is 58.2 Å². The number of benzene rings is 1. The maximum Gasteiger partial charge on any atom is 0.224 e. The minimum Gasteiger partial charge on any atom is -0.326 e. The number of anilines is 1. The van der Waals surface area contributed by atoms with Crippen LogP contribution in [-0.4, -0.2) is 30.0 Å². The highest BCUT2D eigenvalue weighted by Crippen LogP contribution is 2.22. The van der Waals surface area contributed by atoms with E-state index in [1.807, 2.05) is 7.05 Å². The summed E-state index contributed by atoms with van der Waals surface area (Å²) >= 11 is 6.02. The molecule has 0 spiro atoms. The number of hydrogen-bond acceptors (Lipinski definition) is 3. The molecule has 6 heteroatoms. The van der Waals surface area contributed by atoms with Crippen molar-refractivity contribution < 1.29 is 9.00 Å². The highest BCUT2D eigenvalue weighted by Gasteiger charge is 2.07. The second-order valence-electron chi connectivity index (χ2n) is 4.28. The summed E-state index contributed by atoms with van der Waals surface area (Å²) in [7, 11) is 0.896. The lowest BCUT2D eigenvalue weighted by atomic mass is 10.2. The predicted octanol–water partition coefficient (Wildman–Crippen LogP) is 2.16. The van der Waals surface area contributed by atoms with E-state index in [2.05, 4.69) is 10.6 Å². The number of carbonyl (C=O) groups is 1. The number of carbonyl (C=O) groups excluding carboxylic acids is 1. The van der Waals surface area contributed by atoms with Gasteiger partial charge in [0.2, 0.25) is 5.91 Å². The van der Waals surface area contributed by atoms with Crippen molar-refractivity contribution in [3.05, 3.63) is 28.8 Å². The Labute approximate surface area is 121 Å². The fourth-order valence-corrected chi connectivity index (χ4v) is 2.57. The van der Waals surface area contributed by atoms with Crippen molar-refractivity contribution in [1.29, 1.82) is 0 Å². The van der Waals surface area contributed by atoms with Gasteiger partial charge in [-0.2, -0.15) is 0 Å². The van der Waals surface area contributed by atoms with Gasteiger partial charge in [-0.1, -0.05) is 11.6 Å². The summed E-state index contributed by atoms with van der Waals surface area (Å²) < 4.78 is 11.2. The Balaban J connectivity index is 2.63. The van der Waals surface area contributed by atoms with Gasteiger partial charge in [0.15, 0.2) is 0 Å². The summed E-state index contributed by atoms with van der Waals surface area (Å²) in [6.45, 7) is 0.814. The maximum absolute atomic E-state index is 11.7. The second kappa shape index (κ2) is 8.30. The van der Waals surface area contributed by atoms with Crippen LogP contribution in [0.3, 0.4) is 0 Å². The summed E-state index contributed by atoms with van der Waals surface area (Å²) in [5.74, 6) is 0.364. The van der Waals surface area contributed by atoms with Gasteiger partial charge in [0.05, 0.1) is 0 Å². The van der Waals surface area contributed by atoms with Gasteiger partial charge in [-0.3, -0.25) is 9.00 Å². The summed E-state index contributed by atoms with van der Waals surface area (Å²) in [5.41, 5.74) is 1.48. The molecule has 0 saturated carbocycles. The van der Waals surface area contributed by atoms with Crippen molar-refractivity contribution >= 4 is 34.0 Å². The molecule has 1 aromatic rings. The molecule has 19 heavy (non-hydrogen) atoms. The van der Waals surface area contributed by atoms with Gasteiger partial charge < -0.3 is 10.6 Å². The van der Waals surface area contributed by atoms with Gasteiger partial charge in [-0.25, -0.2) is 0 Å². The first-order valence-corrected chi connectivity index (χ1v) is 8.16. The van der Waals surface area contributed by atoms with E-state index >= 15 is 0 Å². The van der Waals surface area contributed by atoms with Crippen molar-refractivity contribution in [3.8, 4) is 0 Å². The third-order valence-electron chi connectivity index (χ3n) is 2.52. The normalized spacial score (nSPS) is 12.2. The van der Waals surface area contributed by atoms with Crippen LogP contribution in [0.1, 0.15) is 18.4 Å². The minimum atomic E-state index is -0.959. The fourth-order valence-electron chi connectivity index (χ4n) is 1.63. The lowest BCUT2D eigenvalue weighted by Crippen LogP contribution is -2.15. The molecular formula is C13H19ClN2O2S. The van der Waals surface area contributed by atoms with E-state index < -0.39 is 10.8 Å². The Morgan fingerprint density at radius 2 is 2.16 bits per heavy atom. The number of nitrogens with one attached hydrogen (secondary N) is 2. The molecule has 0 aliphatic rings. The summed E-state index contributed by atoms with van der Waals surface area (Å²) in [4.78, 5) is 11.7. The van der Waals surface area contributed by atoms with Crippen molar-refractivity contribution in [2.75, 3.05) is 25.2 Å². The van der Waals surface area contributed by atoms with E-state index in [-0.39, 0.29) is 5.91 Å². The molecule has 0 aliphatic heterocycles. The van der Waals surface area contributed by atoms with Crippen molar-refractivity contribution in [3.63, 3.8) is 0 Å². The standard InChI is InChI=1S/C13H19ClN2O2S/c1-15-7-3-4-13(17)16-11-5-6-12(14)10(8-11)9-19(2)18/h5-6,8,15H,3-4,7,9H2,1-2H3,(H,16,17). The average Bonchev–Trinajstić information content (AvgIpc) is 2.33. The molecule has 0 saturated heterocycles. The predicted molar refractivity (Wildman–Crippen MR) is 81.0 cm³/mol. The molecule has 0 fully saturated rings. The van der Waals surface area contributed by atoms with Crippen LogP contribution in [0.2, 0.25) is 5.02 Å². The second-order valence-corrected chi connectivity index (χ2v) is 6.12. The third-order valence-corrected chi connectivity index (χ3v) is 3.61. The van der Waals surface area contributed by atoms with Crippen LogP contribution >= 0.6 is 11.6 Å². The molecule has 0 aliphatic carbocycles. The van der Waals surface area contributed by atoms with Crippen LogP contribution in [0.25, 0.3) is 0 Å². The monoisotopic (exact) mass is 302 g/mol. The molecule has 0 radical (unpaired) electrons. The average molecular weight is 303 g/mol. The van der Waals surface area contributed by atoms with Crippen LogP contribution in [0.5, 0.6) is 0 Å². The molecule has 4 nitrogen and oxygen atoms in total. The van der Waals surface area contributed by atoms with Crippen molar-refractivity contribution in [1.82, 2.24) is 5.32 Å². The van der Waals surface area contributed by atoms with E-state index in [1.54, 1.807) is 24.5 Å². The van der Waals surface area contributed by atoms with Crippen molar-refractivity contribution in [2.45, 2.75) is 18.6 Å². The molecule has 1 amide bonds. The molecule has 1 unspecified atom stereocenters. The largest absolute Gasteiger partial charge is 0.326 e. The fraction of sp³-hybridized carbons (Fsp3) is 0.462. The number of hydrogen-bond donors (Lipinski definition) is 2. The lowest BCUT2D eigenvalue weighted by molar-refractivity contribution is -0.116. The highest BCUT2D eigenvalue weighted by molar-refractivity contribution is 7.83.